The van der Waals surface area contributed by atoms with Crippen molar-refractivity contribution in [3.05, 3.63) is 92.7 Å². The number of primary amides is 2. The highest BCUT2D eigenvalue weighted by Crippen LogP contribution is 2.34. The molecule has 0 bridgehead atoms. The molecule has 4 heterocycles. The Labute approximate surface area is 375 Å². The molecule has 5 aromatic rings. The number of hydrogen-bond acceptors (Lipinski definition) is 15. The summed E-state index contributed by atoms with van der Waals surface area (Å²) in [6.07, 6.45) is -13.3. The summed E-state index contributed by atoms with van der Waals surface area (Å²) in [6, 6.07) is 6.89. The average molecular weight is 993 g/mol. The molecule has 5 rings (SSSR count). The zero-order chi connectivity index (χ0) is 50.5. The third-order valence-electron chi connectivity index (χ3n) is 7.59. The monoisotopic (exact) mass is 991 g/mol. The molecule has 1 unspecified atom stereocenters. The summed E-state index contributed by atoms with van der Waals surface area (Å²) in [5.41, 5.74) is 19.5. The Kier molecular flexibility index (Phi) is 19.5. The molecule has 3 amide bonds. The molecule has 18 nitrogen and oxygen atoms in total. The van der Waals surface area contributed by atoms with Crippen LogP contribution in [0.25, 0.3) is 10.9 Å². The molecule has 1 aromatic carbocycles. The summed E-state index contributed by atoms with van der Waals surface area (Å²) >= 11 is 10.9. The van der Waals surface area contributed by atoms with Crippen molar-refractivity contribution in [2.24, 2.45) is 11.5 Å². The zero-order valence-corrected chi connectivity index (χ0v) is 35.8. The van der Waals surface area contributed by atoms with Gasteiger partial charge in [-0.15, -0.1) is 11.6 Å². The van der Waals surface area contributed by atoms with Gasteiger partial charge >= 0.3 is 36.5 Å². The number of anilines is 2. The molecule has 0 aliphatic rings. The number of esters is 2. The smallest absolute Gasteiger partial charge is 0.452 e. The lowest BCUT2D eigenvalue weighted by Crippen LogP contribution is -2.37. The van der Waals surface area contributed by atoms with Gasteiger partial charge in [0.05, 0.1) is 23.8 Å². The van der Waals surface area contributed by atoms with Gasteiger partial charge in [0.1, 0.15) is 5.82 Å². The molecular weight excluding hydrogens is 956 g/mol. The van der Waals surface area contributed by atoms with Gasteiger partial charge < -0.3 is 46.6 Å². The number of carbonyl (C=O) groups excluding carboxylic acids is 5. The van der Waals surface area contributed by atoms with Gasteiger partial charge in [-0.2, -0.15) is 44.5 Å². The van der Waals surface area contributed by atoms with Gasteiger partial charge in [0, 0.05) is 30.2 Å². The van der Waals surface area contributed by atoms with Gasteiger partial charge in [0.2, 0.25) is 11.5 Å². The van der Waals surface area contributed by atoms with E-state index in [4.69, 9.17) is 43.9 Å². The third kappa shape index (κ3) is 16.6. The van der Waals surface area contributed by atoms with Crippen molar-refractivity contribution in [2.75, 3.05) is 24.7 Å². The van der Waals surface area contributed by atoms with Gasteiger partial charge in [-0.1, -0.05) is 17.7 Å². The van der Waals surface area contributed by atoms with E-state index in [0.717, 1.165) is 5.56 Å². The number of benzene rings is 1. The van der Waals surface area contributed by atoms with Crippen molar-refractivity contribution in [1.82, 2.24) is 25.3 Å². The Morgan fingerprint density at radius 3 is 1.92 bits per heavy atom. The number of nitrogen functional groups attached to an aromatic ring is 2. The Morgan fingerprint density at radius 2 is 1.39 bits per heavy atom. The van der Waals surface area contributed by atoms with Crippen LogP contribution in [0.2, 0.25) is 5.02 Å². The van der Waals surface area contributed by atoms with Crippen LogP contribution in [0.3, 0.4) is 0 Å². The number of ketones is 1. The van der Waals surface area contributed by atoms with E-state index in [1.807, 2.05) is 0 Å². The van der Waals surface area contributed by atoms with Crippen molar-refractivity contribution in [3.8, 4) is 0 Å². The molecule has 9 N–H and O–H groups in total. The van der Waals surface area contributed by atoms with Gasteiger partial charge in [0.15, 0.2) is 22.7 Å². The van der Waals surface area contributed by atoms with E-state index in [9.17, 15) is 58.7 Å². The SMILES string of the molecule is CCOC(=O)C(Cl)C(=O)C(F)(F)F.CCOC(=O)c1oc(N)nc1C(F)(F)F.Cc1cc(N)nc(C)c1CNC(=O)c1oc(Cc2ccc3ncc(Cl)cc3c2)nc1C(F)(F)F.NC(N)=O. The topological polar surface area (TPSA) is 298 Å². The molecule has 0 saturated heterocycles. The summed E-state index contributed by atoms with van der Waals surface area (Å²) in [5, 5.41) is 1.30. The number of carbonyl (C=O) groups is 5. The highest BCUT2D eigenvalue weighted by atomic mass is 35.5. The first-order valence-electron chi connectivity index (χ1n) is 18.0. The van der Waals surface area contributed by atoms with Crippen LogP contribution in [-0.2, 0) is 44.4 Å². The zero-order valence-electron chi connectivity index (χ0n) is 34.3. The van der Waals surface area contributed by atoms with E-state index in [-0.39, 0.29) is 32.1 Å². The van der Waals surface area contributed by atoms with E-state index in [0.29, 0.717) is 38.6 Å². The molecule has 29 heteroatoms. The lowest BCUT2D eigenvalue weighted by Gasteiger charge is -2.11. The quantitative estimate of drug-likeness (QED) is 0.0417. The predicted octanol–water partition coefficient (Wildman–Crippen LogP) is 6.77. The maximum absolute atomic E-state index is 13.6. The minimum atomic E-state index is -5.11. The average Bonchev–Trinajstić information content (AvgIpc) is 3.81. The number of urea groups is 1. The molecule has 4 aromatic heterocycles. The molecule has 0 fully saturated rings. The molecule has 0 aliphatic heterocycles. The second-order valence-electron chi connectivity index (χ2n) is 12.6. The van der Waals surface area contributed by atoms with Crippen LogP contribution in [0.1, 0.15) is 74.6 Å². The second kappa shape index (κ2) is 23.3. The van der Waals surface area contributed by atoms with Crippen molar-refractivity contribution < 1.29 is 81.8 Å². The van der Waals surface area contributed by atoms with E-state index in [1.54, 1.807) is 44.2 Å². The molecule has 0 spiro atoms. The molecule has 1 atom stereocenters. The van der Waals surface area contributed by atoms with Gasteiger partial charge in [-0.3, -0.25) is 14.6 Å². The third-order valence-corrected chi connectivity index (χ3v) is 8.17. The molecular formula is C37H36Cl2F9N9O9. The Morgan fingerprint density at radius 1 is 0.818 bits per heavy atom. The number of ether oxygens (including phenoxy) is 2. The minimum absolute atomic E-state index is 0.0461. The molecule has 66 heavy (non-hydrogen) atoms. The van der Waals surface area contributed by atoms with Crippen LogP contribution in [0.5, 0.6) is 0 Å². The van der Waals surface area contributed by atoms with Gasteiger partial charge in [-0.05, 0) is 68.7 Å². The van der Waals surface area contributed by atoms with Crippen molar-refractivity contribution in [2.45, 2.75) is 64.6 Å². The van der Waals surface area contributed by atoms with Crippen LogP contribution in [0.4, 0.5) is 56.1 Å². The number of nitrogens with zero attached hydrogens (tertiary/aromatic N) is 4. The fourth-order valence-electron chi connectivity index (χ4n) is 4.96. The van der Waals surface area contributed by atoms with Gasteiger partial charge in [-0.25, -0.2) is 24.4 Å². The number of alkyl halides is 10. The normalized spacial score (nSPS) is 11.7. The Hall–Kier alpha value is -6.90. The van der Waals surface area contributed by atoms with E-state index in [1.165, 1.54) is 20.0 Å². The van der Waals surface area contributed by atoms with Crippen molar-refractivity contribution in [1.29, 1.82) is 0 Å². The Balaban J connectivity index is 0.000000385. The van der Waals surface area contributed by atoms with Crippen LogP contribution in [0, 0.1) is 13.8 Å². The maximum atomic E-state index is 13.6. The number of oxazole rings is 2. The summed E-state index contributed by atoms with van der Waals surface area (Å²) < 4.78 is 131. The number of pyridine rings is 2. The molecule has 0 aliphatic carbocycles. The number of nitrogens with one attached hydrogen (secondary N) is 1. The number of halogens is 11. The lowest BCUT2D eigenvalue weighted by atomic mass is 10.1. The van der Waals surface area contributed by atoms with Crippen LogP contribution in [0.15, 0.2) is 45.4 Å². The first kappa shape index (κ1) is 55.2. The number of aryl methyl sites for hydroxylation is 2. The van der Waals surface area contributed by atoms with E-state index < -0.39 is 82.5 Å². The number of fused-ring (bicyclic) bond motifs is 1. The number of amides is 3. The highest BCUT2D eigenvalue weighted by Gasteiger charge is 2.46. The largest absolute Gasteiger partial charge is 0.465 e. The molecule has 360 valence electrons. The van der Waals surface area contributed by atoms with Crippen LogP contribution >= 0.6 is 23.2 Å². The maximum Gasteiger partial charge on any atom is 0.452 e. The highest BCUT2D eigenvalue weighted by molar-refractivity contribution is 6.41. The van der Waals surface area contributed by atoms with Crippen LogP contribution < -0.4 is 28.3 Å². The summed E-state index contributed by atoms with van der Waals surface area (Å²) in [7, 11) is 0. The molecule has 0 radical (unpaired) electrons. The number of hydrogen-bond donors (Lipinski definition) is 5. The van der Waals surface area contributed by atoms with Gasteiger partial charge in [0.25, 0.3) is 17.7 Å². The number of rotatable bonds is 10. The number of nitrogens with two attached hydrogens (primary N) is 4. The van der Waals surface area contributed by atoms with E-state index >= 15 is 0 Å². The first-order valence-corrected chi connectivity index (χ1v) is 18.8. The number of Topliss-reactive ketones (excluding diaryl/α,β-unsaturated/α-hetero) is 1. The predicted molar refractivity (Wildman–Crippen MR) is 213 cm³/mol. The minimum Gasteiger partial charge on any atom is -0.465 e. The first-order chi connectivity index (χ1) is 30.4. The lowest BCUT2D eigenvalue weighted by molar-refractivity contribution is -0.174. The van der Waals surface area contributed by atoms with Crippen molar-refractivity contribution >= 4 is 75.6 Å². The fourth-order valence-corrected chi connectivity index (χ4v) is 5.31. The number of aromatic nitrogens is 4. The van der Waals surface area contributed by atoms with Crippen LogP contribution in [-0.4, -0.2) is 74.4 Å². The standard InChI is InChI=1S/C23H19ClF3N5O2.C7H7F3N2O3.C6H6ClF3O3.CH4N2O/c1-11-5-18(28)31-12(2)16(11)10-30-22(33)20-21(23(25,26)27)32-19(34-20)7-13-3-4-17-14(6-13)8-15(24)9-29-17;1-2-14-5(13)3-4(7(8,9)10)12-6(11)15-3;1-2-13-5(12)3(7)4(11)6(8,9)10;2-1(3)4/h3-6,8-9H,7,10H2,1-2H3,(H2,28,31)(H,30,33);2H2,1H3,(H2,11,12);3H,2H2,1H3;(H4,2,3,4). The van der Waals surface area contributed by atoms with Crippen molar-refractivity contribution in [3.63, 3.8) is 0 Å². The summed E-state index contributed by atoms with van der Waals surface area (Å²) in [6.45, 7) is 6.06. The fraction of sp³-hybridized carbons (Fsp3) is 0.324. The molecule has 0 saturated carbocycles. The van der Waals surface area contributed by atoms with E-state index in [2.05, 4.69) is 50.6 Å². The summed E-state index contributed by atoms with van der Waals surface area (Å²) in [4.78, 5) is 68.3. The Bertz CT molecular complexity index is 2510. The summed E-state index contributed by atoms with van der Waals surface area (Å²) in [5.74, 6) is -7.82. The second-order valence-corrected chi connectivity index (χ2v) is 13.5.